The van der Waals surface area contributed by atoms with Crippen molar-refractivity contribution >= 4 is 0 Å². The Hall–Kier alpha value is -0.120. The fraction of sp³-hybridized carbons (Fsp3) is 1.00. The Morgan fingerprint density at radius 2 is 1.60 bits per heavy atom. The molecule has 1 aliphatic heterocycles. The molecule has 0 atom stereocenters. The first-order valence-corrected chi connectivity index (χ1v) is 8.52. The lowest BCUT2D eigenvalue weighted by atomic mass is 10.1. The maximum atomic E-state index is 5.75. The van der Waals surface area contributed by atoms with Crippen LogP contribution in [0, 0.1) is 0 Å². The van der Waals surface area contributed by atoms with Gasteiger partial charge in [-0.1, -0.05) is 6.42 Å². The molecule has 1 heterocycles. The van der Waals surface area contributed by atoms with E-state index in [9.17, 15) is 0 Å². The van der Waals surface area contributed by atoms with E-state index in [1.54, 1.807) is 0 Å². The lowest BCUT2D eigenvalue weighted by molar-refractivity contribution is -0.00631. The van der Waals surface area contributed by atoms with Gasteiger partial charge in [-0.25, -0.2) is 0 Å². The summed E-state index contributed by atoms with van der Waals surface area (Å²) >= 11 is 0. The zero-order valence-electron chi connectivity index (χ0n) is 14.3. The van der Waals surface area contributed by atoms with Crippen LogP contribution >= 0.6 is 0 Å². The van der Waals surface area contributed by atoms with Crippen LogP contribution in [0.1, 0.15) is 59.3 Å². The van der Waals surface area contributed by atoms with E-state index >= 15 is 0 Å². The van der Waals surface area contributed by atoms with E-state index in [0.29, 0.717) is 0 Å². The smallest absolute Gasteiger partial charge is 0.0598 e. The summed E-state index contributed by atoms with van der Waals surface area (Å²) in [6.45, 7) is 13.6. The molecule has 0 aromatic rings. The first-order chi connectivity index (χ1) is 9.47. The Morgan fingerprint density at radius 3 is 2.25 bits per heavy atom. The number of rotatable bonds is 9. The zero-order valence-corrected chi connectivity index (χ0v) is 14.3. The normalized spacial score (nSPS) is 17.9. The van der Waals surface area contributed by atoms with E-state index in [1.807, 2.05) is 0 Å². The standard InChI is InChI=1S/C17H36N2O/c1-17(2,3)20-16-10-12-18(4)11-8-9-15-19-13-6-5-7-14-19/h5-16H2,1-4H3. The van der Waals surface area contributed by atoms with Crippen molar-refractivity contribution in [2.45, 2.75) is 64.9 Å². The van der Waals surface area contributed by atoms with Gasteiger partial charge in [0, 0.05) is 13.2 Å². The maximum Gasteiger partial charge on any atom is 0.0598 e. The highest BCUT2D eigenvalue weighted by Crippen LogP contribution is 2.10. The van der Waals surface area contributed by atoms with E-state index in [0.717, 1.165) is 19.6 Å². The average molecular weight is 284 g/mol. The summed E-state index contributed by atoms with van der Waals surface area (Å²) in [5, 5.41) is 0. The van der Waals surface area contributed by atoms with Gasteiger partial charge >= 0.3 is 0 Å². The molecule has 3 nitrogen and oxygen atoms in total. The molecule has 0 saturated carbocycles. The number of piperidine rings is 1. The van der Waals surface area contributed by atoms with Gasteiger partial charge in [0.15, 0.2) is 0 Å². The third-order valence-electron chi connectivity index (χ3n) is 3.93. The molecule has 0 N–H and O–H groups in total. The molecule has 0 unspecified atom stereocenters. The zero-order chi connectivity index (χ0) is 14.8. The second-order valence-corrected chi connectivity index (χ2v) is 7.23. The minimum atomic E-state index is 0.00696. The summed E-state index contributed by atoms with van der Waals surface area (Å²) in [5.41, 5.74) is 0.00696. The predicted octanol–water partition coefficient (Wildman–Crippen LogP) is 3.39. The molecule has 1 rings (SSSR count). The van der Waals surface area contributed by atoms with Crippen LogP contribution in [-0.2, 0) is 4.74 Å². The van der Waals surface area contributed by atoms with Crippen molar-refractivity contribution in [3.8, 4) is 0 Å². The topological polar surface area (TPSA) is 15.7 Å². The molecule has 0 aromatic carbocycles. The van der Waals surface area contributed by atoms with Gasteiger partial charge in [0.05, 0.1) is 5.60 Å². The number of unbranched alkanes of at least 4 members (excludes halogenated alkanes) is 1. The van der Waals surface area contributed by atoms with Crippen molar-refractivity contribution in [2.24, 2.45) is 0 Å². The minimum Gasteiger partial charge on any atom is -0.376 e. The highest BCUT2D eigenvalue weighted by molar-refractivity contribution is 4.65. The van der Waals surface area contributed by atoms with Gasteiger partial charge in [0.25, 0.3) is 0 Å². The number of hydrogen-bond acceptors (Lipinski definition) is 3. The molecule has 1 fully saturated rings. The third-order valence-corrected chi connectivity index (χ3v) is 3.93. The van der Waals surface area contributed by atoms with Gasteiger partial charge in [0.2, 0.25) is 0 Å². The van der Waals surface area contributed by atoms with Crippen LogP contribution in [0.3, 0.4) is 0 Å². The molecular formula is C17H36N2O. The summed E-state index contributed by atoms with van der Waals surface area (Å²) in [5.74, 6) is 0. The SMILES string of the molecule is CN(CCCCN1CCCCC1)CCCOC(C)(C)C. The number of nitrogens with zero attached hydrogens (tertiary/aromatic N) is 2. The molecule has 20 heavy (non-hydrogen) atoms. The van der Waals surface area contributed by atoms with Gasteiger partial charge in [-0.3, -0.25) is 0 Å². The molecule has 0 spiro atoms. The molecule has 120 valence electrons. The highest BCUT2D eigenvalue weighted by Gasteiger charge is 2.10. The molecule has 0 bridgehead atoms. The van der Waals surface area contributed by atoms with Crippen LogP contribution in [0.5, 0.6) is 0 Å². The molecule has 0 aliphatic carbocycles. The van der Waals surface area contributed by atoms with Crippen molar-refractivity contribution in [1.82, 2.24) is 9.80 Å². The highest BCUT2D eigenvalue weighted by atomic mass is 16.5. The fourth-order valence-electron chi connectivity index (χ4n) is 2.72. The second kappa shape index (κ2) is 9.75. The maximum absolute atomic E-state index is 5.75. The Labute approximate surface area is 126 Å². The number of hydrogen-bond donors (Lipinski definition) is 0. The van der Waals surface area contributed by atoms with Crippen molar-refractivity contribution in [2.75, 3.05) is 46.4 Å². The Bertz CT molecular complexity index is 232. The first-order valence-electron chi connectivity index (χ1n) is 8.52. The van der Waals surface area contributed by atoms with Gasteiger partial charge in [-0.2, -0.15) is 0 Å². The summed E-state index contributed by atoms with van der Waals surface area (Å²) in [6.07, 6.45) is 8.08. The predicted molar refractivity (Wildman–Crippen MR) is 87.3 cm³/mol. The van der Waals surface area contributed by atoms with Crippen LogP contribution in [0.25, 0.3) is 0 Å². The summed E-state index contributed by atoms with van der Waals surface area (Å²) in [6, 6.07) is 0. The summed E-state index contributed by atoms with van der Waals surface area (Å²) in [7, 11) is 2.23. The third kappa shape index (κ3) is 9.73. The second-order valence-electron chi connectivity index (χ2n) is 7.23. The number of likely N-dealkylation sites (tertiary alicyclic amines) is 1. The van der Waals surface area contributed by atoms with Gasteiger partial charge in [-0.05, 0) is 86.1 Å². The molecule has 0 radical (unpaired) electrons. The first kappa shape index (κ1) is 17.9. The summed E-state index contributed by atoms with van der Waals surface area (Å²) < 4.78 is 5.75. The monoisotopic (exact) mass is 284 g/mol. The lowest BCUT2D eigenvalue weighted by Gasteiger charge is -2.26. The van der Waals surface area contributed by atoms with Crippen LogP contribution in [-0.4, -0.2) is 61.8 Å². The van der Waals surface area contributed by atoms with Crippen molar-refractivity contribution in [1.29, 1.82) is 0 Å². The van der Waals surface area contributed by atoms with Crippen LogP contribution in [0.2, 0.25) is 0 Å². The van der Waals surface area contributed by atoms with Crippen LogP contribution in [0.4, 0.5) is 0 Å². The van der Waals surface area contributed by atoms with Crippen LogP contribution in [0.15, 0.2) is 0 Å². The Balaban J connectivity index is 1.90. The van der Waals surface area contributed by atoms with Crippen molar-refractivity contribution in [3.63, 3.8) is 0 Å². The lowest BCUT2D eigenvalue weighted by Crippen LogP contribution is -2.31. The average Bonchev–Trinajstić information content (AvgIpc) is 2.40. The summed E-state index contributed by atoms with van der Waals surface area (Å²) in [4.78, 5) is 5.09. The van der Waals surface area contributed by atoms with E-state index in [1.165, 1.54) is 58.3 Å². The van der Waals surface area contributed by atoms with E-state index < -0.39 is 0 Å². The van der Waals surface area contributed by atoms with Gasteiger partial charge in [-0.15, -0.1) is 0 Å². The van der Waals surface area contributed by atoms with Gasteiger partial charge < -0.3 is 14.5 Å². The Kier molecular flexibility index (Phi) is 8.74. The van der Waals surface area contributed by atoms with Crippen LogP contribution < -0.4 is 0 Å². The van der Waals surface area contributed by atoms with E-state index in [2.05, 4.69) is 37.6 Å². The van der Waals surface area contributed by atoms with Gasteiger partial charge in [0.1, 0.15) is 0 Å². The van der Waals surface area contributed by atoms with E-state index in [4.69, 9.17) is 4.74 Å². The van der Waals surface area contributed by atoms with Crippen molar-refractivity contribution < 1.29 is 4.74 Å². The largest absolute Gasteiger partial charge is 0.376 e. The van der Waals surface area contributed by atoms with Crippen molar-refractivity contribution in [3.05, 3.63) is 0 Å². The molecule has 0 amide bonds. The molecule has 3 heteroatoms. The molecule has 1 aliphatic rings. The van der Waals surface area contributed by atoms with E-state index in [-0.39, 0.29) is 5.60 Å². The molecule has 1 saturated heterocycles. The molecule has 0 aromatic heterocycles. The fourth-order valence-corrected chi connectivity index (χ4v) is 2.72. The Morgan fingerprint density at radius 1 is 0.950 bits per heavy atom. The molecular weight excluding hydrogens is 248 g/mol. The quantitative estimate of drug-likeness (QED) is 0.604. The minimum absolute atomic E-state index is 0.00696. The number of ether oxygens (including phenoxy) is 1.